The highest BCUT2D eigenvalue weighted by molar-refractivity contribution is 5.81. The van der Waals surface area contributed by atoms with Crippen molar-refractivity contribution in [3.8, 4) is 0 Å². The van der Waals surface area contributed by atoms with E-state index in [1.807, 2.05) is 16.3 Å². The van der Waals surface area contributed by atoms with Crippen LogP contribution in [0.4, 0.5) is 17.6 Å². The molecule has 2 rings (SSSR count). The molecule has 0 bridgehead atoms. The van der Waals surface area contributed by atoms with Crippen LogP contribution >= 0.6 is 0 Å². The van der Waals surface area contributed by atoms with Crippen molar-refractivity contribution in [2.75, 3.05) is 19.6 Å². The Balaban J connectivity index is 1.78. The summed E-state index contributed by atoms with van der Waals surface area (Å²) in [6.45, 7) is 1.63. The van der Waals surface area contributed by atoms with E-state index in [9.17, 15) is 22.4 Å². The van der Waals surface area contributed by atoms with Gasteiger partial charge in [-0.1, -0.05) is 12.1 Å². The quantitative estimate of drug-likeness (QED) is 0.831. The van der Waals surface area contributed by atoms with Crippen molar-refractivity contribution in [2.24, 2.45) is 5.92 Å². The molecule has 1 aromatic rings. The highest BCUT2D eigenvalue weighted by Gasteiger charge is 2.31. The largest absolute Gasteiger partial charge is 0.405 e. The molecule has 1 aliphatic heterocycles. The molecule has 1 fully saturated rings. The monoisotopic (exact) mass is 346 g/mol. The molecule has 0 radical (unpaired) electrons. The van der Waals surface area contributed by atoms with Crippen molar-refractivity contribution >= 4 is 5.91 Å². The van der Waals surface area contributed by atoms with Crippen LogP contribution in [0.1, 0.15) is 25.3 Å². The van der Waals surface area contributed by atoms with E-state index in [0.717, 1.165) is 24.8 Å². The first-order chi connectivity index (χ1) is 11.2. The smallest absolute Gasteiger partial charge is 0.346 e. The van der Waals surface area contributed by atoms with Gasteiger partial charge in [-0.3, -0.25) is 9.69 Å². The van der Waals surface area contributed by atoms with E-state index in [1.54, 1.807) is 13.0 Å². The number of rotatable bonds is 5. The minimum absolute atomic E-state index is 0.250. The molecule has 1 heterocycles. The predicted octanol–water partition coefficient (Wildman–Crippen LogP) is 3.15. The third kappa shape index (κ3) is 5.78. The molecule has 1 N–H and O–H groups in total. The molecule has 0 aromatic heterocycles. The van der Waals surface area contributed by atoms with E-state index < -0.39 is 24.7 Å². The van der Waals surface area contributed by atoms with Crippen molar-refractivity contribution in [2.45, 2.75) is 38.4 Å². The Morgan fingerprint density at radius 2 is 2.00 bits per heavy atom. The second-order valence-corrected chi connectivity index (χ2v) is 6.32. The number of alkyl halides is 3. The number of halogens is 4. The zero-order valence-corrected chi connectivity index (χ0v) is 13.6. The number of piperidine rings is 1. The Kier molecular flexibility index (Phi) is 6.21. The first-order valence-corrected chi connectivity index (χ1v) is 8.07. The average Bonchev–Trinajstić information content (AvgIpc) is 2.52. The summed E-state index contributed by atoms with van der Waals surface area (Å²) in [4.78, 5) is 13.7. The Morgan fingerprint density at radius 3 is 2.58 bits per heavy atom. The molecular weight excluding hydrogens is 324 g/mol. The molecular formula is C17H22F4N2O. The first-order valence-electron chi connectivity index (χ1n) is 8.07. The average molecular weight is 346 g/mol. The topological polar surface area (TPSA) is 32.3 Å². The lowest BCUT2D eigenvalue weighted by molar-refractivity contribution is -0.141. The van der Waals surface area contributed by atoms with Crippen LogP contribution < -0.4 is 5.32 Å². The SMILES string of the molecule is CC(C(=O)NCC(F)(F)F)N1CCC(Cc2cccc(F)c2)CC1. The van der Waals surface area contributed by atoms with Crippen LogP contribution in [-0.4, -0.2) is 42.7 Å². The number of carbonyl (C=O) groups excluding carboxylic acids is 1. The number of carbonyl (C=O) groups is 1. The van der Waals surface area contributed by atoms with Crippen LogP contribution in [0.25, 0.3) is 0 Å². The molecule has 1 aromatic carbocycles. The lowest BCUT2D eigenvalue weighted by Gasteiger charge is -2.35. The lowest BCUT2D eigenvalue weighted by atomic mass is 9.89. The van der Waals surface area contributed by atoms with E-state index in [-0.39, 0.29) is 5.82 Å². The van der Waals surface area contributed by atoms with Crippen molar-refractivity contribution in [3.63, 3.8) is 0 Å². The van der Waals surface area contributed by atoms with Crippen molar-refractivity contribution in [1.82, 2.24) is 10.2 Å². The van der Waals surface area contributed by atoms with Gasteiger partial charge in [0.2, 0.25) is 5.91 Å². The van der Waals surface area contributed by atoms with Crippen LogP contribution in [0.5, 0.6) is 0 Å². The molecule has 3 nitrogen and oxygen atoms in total. The number of benzene rings is 1. The summed E-state index contributed by atoms with van der Waals surface area (Å²) in [6, 6.07) is 5.94. The zero-order chi connectivity index (χ0) is 17.7. The summed E-state index contributed by atoms with van der Waals surface area (Å²) in [5.41, 5.74) is 0.949. The van der Waals surface area contributed by atoms with E-state index >= 15 is 0 Å². The lowest BCUT2D eigenvalue weighted by Crippen LogP contribution is -2.49. The Bertz CT molecular complexity index is 554. The van der Waals surface area contributed by atoms with E-state index in [4.69, 9.17) is 0 Å². The summed E-state index contributed by atoms with van der Waals surface area (Å²) in [5.74, 6) is -0.454. The summed E-state index contributed by atoms with van der Waals surface area (Å²) in [5, 5.41) is 1.93. The Hall–Kier alpha value is -1.63. The number of likely N-dealkylation sites (tertiary alicyclic amines) is 1. The highest BCUT2D eigenvalue weighted by Crippen LogP contribution is 2.23. The fourth-order valence-corrected chi connectivity index (χ4v) is 3.04. The molecule has 1 atom stereocenters. The second kappa shape index (κ2) is 7.96. The molecule has 7 heteroatoms. The first kappa shape index (κ1) is 18.7. The van der Waals surface area contributed by atoms with Crippen LogP contribution in [0, 0.1) is 11.7 Å². The van der Waals surface area contributed by atoms with Crippen molar-refractivity contribution in [3.05, 3.63) is 35.6 Å². The van der Waals surface area contributed by atoms with E-state index in [0.29, 0.717) is 19.0 Å². The van der Waals surface area contributed by atoms with Crippen LogP contribution in [0.3, 0.4) is 0 Å². The highest BCUT2D eigenvalue weighted by atomic mass is 19.4. The Labute approximate surface area is 139 Å². The molecule has 1 saturated heterocycles. The van der Waals surface area contributed by atoms with Gasteiger partial charge in [0.1, 0.15) is 12.4 Å². The summed E-state index contributed by atoms with van der Waals surface area (Å²) in [6.07, 6.45) is -1.94. The predicted molar refractivity (Wildman–Crippen MR) is 82.9 cm³/mol. The van der Waals surface area contributed by atoms with Gasteiger partial charge in [-0.2, -0.15) is 13.2 Å². The third-order valence-electron chi connectivity index (χ3n) is 4.45. The third-order valence-corrected chi connectivity index (χ3v) is 4.45. The molecule has 1 unspecified atom stereocenters. The Morgan fingerprint density at radius 1 is 1.33 bits per heavy atom. The molecule has 1 aliphatic rings. The van der Waals surface area contributed by atoms with Crippen LogP contribution in [0.2, 0.25) is 0 Å². The number of nitrogens with zero attached hydrogens (tertiary/aromatic N) is 1. The van der Waals surface area contributed by atoms with E-state index in [1.165, 1.54) is 12.1 Å². The maximum atomic E-state index is 13.2. The van der Waals surface area contributed by atoms with Gasteiger partial charge < -0.3 is 5.32 Å². The van der Waals surface area contributed by atoms with Crippen molar-refractivity contribution < 1.29 is 22.4 Å². The standard InChI is InChI=1S/C17H22F4N2O/c1-12(16(24)22-11-17(19,20)21)23-7-5-13(6-8-23)9-14-3-2-4-15(18)10-14/h2-4,10,12-13H,5-9,11H2,1H3,(H,22,24). The number of nitrogens with one attached hydrogen (secondary N) is 1. The molecule has 1 amide bonds. The molecule has 0 spiro atoms. The van der Waals surface area contributed by atoms with Gasteiger partial charge in [0, 0.05) is 0 Å². The number of hydrogen-bond acceptors (Lipinski definition) is 2. The van der Waals surface area contributed by atoms with Gasteiger partial charge in [-0.25, -0.2) is 4.39 Å². The van der Waals surface area contributed by atoms with Gasteiger partial charge >= 0.3 is 6.18 Å². The van der Waals surface area contributed by atoms with Crippen LogP contribution in [0.15, 0.2) is 24.3 Å². The van der Waals surface area contributed by atoms with Crippen molar-refractivity contribution in [1.29, 1.82) is 0 Å². The summed E-state index contributed by atoms with van der Waals surface area (Å²) in [7, 11) is 0. The van der Waals surface area contributed by atoms with Gasteiger partial charge in [0.25, 0.3) is 0 Å². The molecule has 24 heavy (non-hydrogen) atoms. The van der Waals surface area contributed by atoms with Gasteiger partial charge in [-0.05, 0) is 62.9 Å². The normalized spacial score (nSPS) is 18.4. The maximum absolute atomic E-state index is 13.2. The fourth-order valence-electron chi connectivity index (χ4n) is 3.04. The zero-order valence-electron chi connectivity index (χ0n) is 13.6. The molecule has 0 saturated carbocycles. The van der Waals surface area contributed by atoms with Gasteiger partial charge in [0.05, 0.1) is 6.04 Å². The van der Waals surface area contributed by atoms with Gasteiger partial charge in [0.15, 0.2) is 0 Å². The minimum atomic E-state index is -4.40. The number of amides is 1. The fraction of sp³-hybridized carbons (Fsp3) is 0.588. The summed E-state index contributed by atoms with van der Waals surface area (Å²) < 4.78 is 49.7. The minimum Gasteiger partial charge on any atom is -0.346 e. The second-order valence-electron chi connectivity index (χ2n) is 6.32. The molecule has 0 aliphatic carbocycles. The van der Waals surface area contributed by atoms with E-state index in [2.05, 4.69) is 0 Å². The van der Waals surface area contributed by atoms with Crippen LogP contribution in [-0.2, 0) is 11.2 Å². The van der Waals surface area contributed by atoms with Gasteiger partial charge in [-0.15, -0.1) is 0 Å². The molecule has 134 valence electrons. The maximum Gasteiger partial charge on any atom is 0.405 e. The number of hydrogen-bond donors (Lipinski definition) is 1. The summed E-state index contributed by atoms with van der Waals surface area (Å²) >= 11 is 0.